The largest absolute Gasteiger partial charge is 0.478 e. The van der Waals surface area contributed by atoms with Crippen molar-refractivity contribution >= 4 is 35.1 Å². The number of aromatic nitrogens is 2. The summed E-state index contributed by atoms with van der Waals surface area (Å²) in [5.41, 5.74) is 5.20. The Hall–Kier alpha value is -2.87. The molecule has 1 amide bonds. The Kier molecular flexibility index (Phi) is 6.50. The fourth-order valence-electron chi connectivity index (χ4n) is 3.93. The van der Waals surface area contributed by atoms with Crippen molar-refractivity contribution in [2.45, 2.75) is 26.2 Å². The lowest BCUT2D eigenvalue weighted by molar-refractivity contribution is 0.0696. The monoisotopic (exact) mass is 472 g/mol. The molecule has 2 N–H and O–H groups in total. The SMILES string of the molecule is Cc1c(C(=O)NN2CCCCC2)nn(-c2ccc(Cl)cc2Cl)c1-c1ccccc1C(=O)O. The number of carboxylic acids is 1. The first-order valence-corrected chi connectivity index (χ1v) is 11.1. The van der Waals surface area contributed by atoms with Gasteiger partial charge in [0.15, 0.2) is 5.69 Å². The minimum atomic E-state index is -1.07. The summed E-state index contributed by atoms with van der Waals surface area (Å²) in [4.78, 5) is 25.0. The lowest BCUT2D eigenvalue weighted by Gasteiger charge is -2.26. The zero-order valence-corrected chi connectivity index (χ0v) is 19.0. The van der Waals surface area contributed by atoms with Gasteiger partial charge >= 0.3 is 5.97 Å². The molecule has 1 fully saturated rings. The van der Waals surface area contributed by atoms with E-state index in [0.717, 1.165) is 32.4 Å². The number of carboxylic acid groups (broad SMARTS) is 1. The molecular formula is C23H22Cl2N4O3. The first-order valence-electron chi connectivity index (χ1n) is 10.3. The quantitative estimate of drug-likeness (QED) is 0.546. The molecule has 1 aliphatic rings. The number of carbonyl (C=O) groups excluding carboxylic acids is 1. The molecule has 166 valence electrons. The van der Waals surface area contributed by atoms with Crippen LogP contribution in [-0.2, 0) is 0 Å². The molecule has 1 aliphatic heterocycles. The molecular weight excluding hydrogens is 451 g/mol. The number of rotatable bonds is 5. The topological polar surface area (TPSA) is 87.5 Å². The van der Waals surface area contributed by atoms with Crippen LogP contribution >= 0.6 is 23.2 Å². The number of piperidine rings is 1. The maximum Gasteiger partial charge on any atom is 0.336 e. The molecule has 1 aromatic heterocycles. The van der Waals surface area contributed by atoms with Crippen molar-refractivity contribution in [3.63, 3.8) is 0 Å². The summed E-state index contributed by atoms with van der Waals surface area (Å²) in [5.74, 6) is -1.42. The summed E-state index contributed by atoms with van der Waals surface area (Å²) in [7, 11) is 0. The molecule has 0 unspecified atom stereocenters. The van der Waals surface area contributed by atoms with Crippen LogP contribution in [0.5, 0.6) is 0 Å². The van der Waals surface area contributed by atoms with Gasteiger partial charge in [-0.3, -0.25) is 10.2 Å². The molecule has 0 saturated carbocycles. The van der Waals surface area contributed by atoms with E-state index in [-0.39, 0.29) is 17.2 Å². The number of halogens is 2. The number of hydrogen-bond donors (Lipinski definition) is 2. The number of hydrogen-bond acceptors (Lipinski definition) is 4. The summed E-state index contributed by atoms with van der Waals surface area (Å²) >= 11 is 12.5. The molecule has 7 nitrogen and oxygen atoms in total. The van der Waals surface area contributed by atoms with Gasteiger partial charge in [0.2, 0.25) is 0 Å². The van der Waals surface area contributed by atoms with Crippen LogP contribution in [0.3, 0.4) is 0 Å². The molecule has 9 heteroatoms. The standard InChI is InChI=1S/C23H22Cl2N4O3/c1-14-20(22(30)27-28-11-5-2-6-12-28)26-29(19-10-9-15(24)13-18(19)25)21(14)16-7-3-4-8-17(16)23(31)32/h3-4,7-10,13H,2,5-6,11-12H2,1H3,(H,27,30)(H,31,32). The van der Waals surface area contributed by atoms with Gasteiger partial charge in [0.1, 0.15) is 0 Å². The van der Waals surface area contributed by atoms with Gasteiger partial charge in [-0.2, -0.15) is 5.10 Å². The smallest absolute Gasteiger partial charge is 0.336 e. The number of hydrazine groups is 1. The fourth-order valence-corrected chi connectivity index (χ4v) is 4.42. The van der Waals surface area contributed by atoms with Gasteiger partial charge in [-0.1, -0.05) is 47.8 Å². The second-order valence-electron chi connectivity index (χ2n) is 7.67. The molecule has 1 saturated heterocycles. The highest BCUT2D eigenvalue weighted by Gasteiger charge is 2.27. The third-order valence-electron chi connectivity index (χ3n) is 5.50. The maximum absolute atomic E-state index is 13.1. The van der Waals surface area contributed by atoms with Crippen LogP contribution in [0.4, 0.5) is 0 Å². The highest BCUT2D eigenvalue weighted by atomic mass is 35.5. The van der Waals surface area contributed by atoms with Gasteiger partial charge in [-0.25, -0.2) is 14.5 Å². The summed E-state index contributed by atoms with van der Waals surface area (Å²) in [5, 5.41) is 17.0. The van der Waals surface area contributed by atoms with E-state index >= 15 is 0 Å². The van der Waals surface area contributed by atoms with Gasteiger partial charge in [0, 0.05) is 29.2 Å². The predicted octanol–water partition coefficient (Wildman–Crippen LogP) is 4.98. The van der Waals surface area contributed by atoms with E-state index in [2.05, 4.69) is 10.5 Å². The Bertz CT molecular complexity index is 1190. The van der Waals surface area contributed by atoms with Crippen molar-refractivity contribution in [3.05, 3.63) is 69.3 Å². The molecule has 0 atom stereocenters. The third-order valence-corrected chi connectivity index (χ3v) is 6.04. The molecule has 0 spiro atoms. The van der Waals surface area contributed by atoms with Crippen LogP contribution in [-0.4, -0.2) is 44.9 Å². The molecule has 32 heavy (non-hydrogen) atoms. The van der Waals surface area contributed by atoms with E-state index in [1.54, 1.807) is 43.3 Å². The van der Waals surface area contributed by atoms with E-state index in [0.29, 0.717) is 32.6 Å². The lowest BCUT2D eigenvalue weighted by Crippen LogP contribution is -2.45. The Morgan fingerprint density at radius 3 is 2.47 bits per heavy atom. The molecule has 0 radical (unpaired) electrons. The Labute approximate surface area is 195 Å². The van der Waals surface area contributed by atoms with E-state index < -0.39 is 5.97 Å². The van der Waals surface area contributed by atoms with Gasteiger partial charge in [-0.15, -0.1) is 0 Å². The van der Waals surface area contributed by atoms with Gasteiger partial charge in [0.25, 0.3) is 5.91 Å². The van der Waals surface area contributed by atoms with Gasteiger partial charge in [-0.05, 0) is 44.0 Å². The number of benzene rings is 2. The Balaban J connectivity index is 1.87. The molecule has 0 bridgehead atoms. The molecule has 2 heterocycles. The minimum absolute atomic E-state index is 0.102. The Morgan fingerprint density at radius 2 is 1.78 bits per heavy atom. The fraction of sp³-hybridized carbons (Fsp3) is 0.261. The van der Waals surface area contributed by atoms with Crippen LogP contribution in [0.1, 0.15) is 45.7 Å². The van der Waals surface area contributed by atoms with Crippen molar-refractivity contribution in [3.8, 4) is 16.9 Å². The summed E-state index contributed by atoms with van der Waals surface area (Å²) in [6.45, 7) is 3.32. The second-order valence-corrected chi connectivity index (χ2v) is 8.51. The van der Waals surface area contributed by atoms with E-state index in [1.165, 1.54) is 10.7 Å². The number of amides is 1. The van der Waals surface area contributed by atoms with Crippen LogP contribution in [0.2, 0.25) is 10.0 Å². The third kappa shape index (κ3) is 4.37. The van der Waals surface area contributed by atoms with Crippen LogP contribution < -0.4 is 5.43 Å². The molecule has 3 aromatic rings. The van der Waals surface area contributed by atoms with Crippen molar-refractivity contribution in [2.75, 3.05) is 13.1 Å². The average molecular weight is 473 g/mol. The second kappa shape index (κ2) is 9.32. The lowest BCUT2D eigenvalue weighted by atomic mass is 10.0. The molecule has 4 rings (SSSR count). The first kappa shape index (κ1) is 22.3. The summed E-state index contributed by atoms with van der Waals surface area (Å²) < 4.78 is 1.51. The van der Waals surface area contributed by atoms with Crippen molar-refractivity contribution < 1.29 is 14.7 Å². The van der Waals surface area contributed by atoms with E-state index in [1.807, 2.05) is 5.01 Å². The number of carbonyl (C=O) groups is 2. The highest BCUT2D eigenvalue weighted by molar-refractivity contribution is 6.35. The average Bonchev–Trinajstić information content (AvgIpc) is 3.11. The number of nitrogens with zero attached hydrogens (tertiary/aromatic N) is 3. The maximum atomic E-state index is 13.1. The highest BCUT2D eigenvalue weighted by Crippen LogP contribution is 2.34. The Morgan fingerprint density at radius 1 is 1.06 bits per heavy atom. The van der Waals surface area contributed by atoms with E-state index in [4.69, 9.17) is 23.2 Å². The molecule has 0 aliphatic carbocycles. The predicted molar refractivity (Wildman–Crippen MR) is 124 cm³/mol. The number of nitrogens with one attached hydrogen (secondary N) is 1. The minimum Gasteiger partial charge on any atom is -0.478 e. The zero-order chi connectivity index (χ0) is 22.8. The summed E-state index contributed by atoms with van der Waals surface area (Å²) in [6, 6.07) is 11.6. The van der Waals surface area contributed by atoms with E-state index in [9.17, 15) is 14.7 Å². The van der Waals surface area contributed by atoms with Gasteiger partial charge in [0.05, 0.1) is 22.0 Å². The zero-order valence-electron chi connectivity index (χ0n) is 17.4. The van der Waals surface area contributed by atoms with Crippen molar-refractivity contribution in [2.24, 2.45) is 0 Å². The number of aromatic carboxylic acids is 1. The normalized spacial score (nSPS) is 14.3. The van der Waals surface area contributed by atoms with Crippen molar-refractivity contribution in [1.82, 2.24) is 20.2 Å². The summed E-state index contributed by atoms with van der Waals surface area (Å²) in [6.07, 6.45) is 3.18. The van der Waals surface area contributed by atoms with Crippen LogP contribution in [0.15, 0.2) is 42.5 Å². The molecule has 2 aromatic carbocycles. The van der Waals surface area contributed by atoms with Crippen LogP contribution in [0, 0.1) is 6.92 Å². The first-order chi connectivity index (χ1) is 15.4. The van der Waals surface area contributed by atoms with Crippen molar-refractivity contribution in [1.29, 1.82) is 0 Å². The van der Waals surface area contributed by atoms with Gasteiger partial charge < -0.3 is 5.11 Å². The van der Waals surface area contributed by atoms with Crippen LogP contribution in [0.25, 0.3) is 16.9 Å².